The van der Waals surface area contributed by atoms with Crippen LogP contribution < -0.4 is 15.4 Å². The number of ether oxygens (including phenoxy) is 2. The maximum atomic E-state index is 13.1. The zero-order valence-electron chi connectivity index (χ0n) is 22.2. The molecule has 0 unspecified atom stereocenters. The van der Waals surface area contributed by atoms with Gasteiger partial charge in [-0.2, -0.15) is 0 Å². The molecule has 0 saturated heterocycles. The number of carbonyl (C=O) groups excluding carboxylic acids is 2. The molecule has 0 spiro atoms. The van der Waals surface area contributed by atoms with Gasteiger partial charge in [-0.1, -0.05) is 13.0 Å². The Morgan fingerprint density at radius 2 is 1.71 bits per heavy atom. The molecule has 0 radical (unpaired) electrons. The van der Waals surface area contributed by atoms with Crippen molar-refractivity contribution in [2.24, 2.45) is 0 Å². The molecule has 0 atom stereocenters. The van der Waals surface area contributed by atoms with E-state index in [9.17, 15) is 18.0 Å². The van der Waals surface area contributed by atoms with Crippen molar-refractivity contribution in [3.63, 3.8) is 0 Å². The Labute approximate surface area is 236 Å². The zero-order valence-corrected chi connectivity index (χ0v) is 25.4. The standard InChI is InChI=1S/C25H35BrN4O6S2/c1-6-27-38(33,34)20-13-18(29-25(32)36-15(4)5)11-12-19(20)21-22(26)30-23(37-21)16-7-9-17(10-8-16)28-24(31)35-14(2)3/h11-17,27H,6-10H2,1-5H3,(H,28,31)(H,29,32)/t16-,17-. The molecule has 210 valence electrons. The zero-order chi connectivity index (χ0) is 28.0. The summed E-state index contributed by atoms with van der Waals surface area (Å²) in [7, 11) is -3.87. The Morgan fingerprint density at radius 1 is 1.08 bits per heavy atom. The van der Waals surface area contributed by atoms with E-state index in [1.807, 2.05) is 13.8 Å². The third-order valence-corrected chi connectivity index (χ3v) is 9.46. The molecule has 3 rings (SSSR count). The summed E-state index contributed by atoms with van der Waals surface area (Å²) in [6.45, 7) is 9.00. The van der Waals surface area contributed by atoms with E-state index in [1.54, 1.807) is 32.9 Å². The smallest absolute Gasteiger partial charge is 0.411 e. The lowest BCUT2D eigenvalue weighted by Crippen LogP contribution is -2.38. The van der Waals surface area contributed by atoms with Gasteiger partial charge in [-0.25, -0.2) is 27.7 Å². The van der Waals surface area contributed by atoms with Crippen LogP contribution in [0, 0.1) is 0 Å². The molecule has 1 saturated carbocycles. The third-order valence-electron chi connectivity index (χ3n) is 5.78. The fourth-order valence-electron chi connectivity index (χ4n) is 4.20. The molecule has 1 aromatic carbocycles. The number of carbonyl (C=O) groups is 2. The number of thiazole rings is 1. The lowest BCUT2D eigenvalue weighted by atomic mass is 9.86. The van der Waals surface area contributed by atoms with Crippen molar-refractivity contribution in [2.75, 3.05) is 11.9 Å². The second-order valence-electron chi connectivity index (χ2n) is 9.61. The van der Waals surface area contributed by atoms with Crippen LogP contribution in [0.2, 0.25) is 0 Å². The second-order valence-corrected chi connectivity index (χ2v) is 13.1. The first-order valence-corrected chi connectivity index (χ1v) is 15.7. The summed E-state index contributed by atoms with van der Waals surface area (Å²) in [5, 5.41) is 6.43. The number of anilines is 1. The van der Waals surface area contributed by atoms with Crippen LogP contribution in [0.15, 0.2) is 27.7 Å². The molecule has 2 aromatic rings. The number of sulfonamides is 1. The predicted octanol–water partition coefficient (Wildman–Crippen LogP) is 5.99. The first-order valence-electron chi connectivity index (χ1n) is 12.6. The molecule has 38 heavy (non-hydrogen) atoms. The number of hydrogen-bond donors (Lipinski definition) is 3. The van der Waals surface area contributed by atoms with Crippen molar-refractivity contribution in [3.05, 3.63) is 27.8 Å². The van der Waals surface area contributed by atoms with E-state index >= 15 is 0 Å². The summed E-state index contributed by atoms with van der Waals surface area (Å²) in [5.41, 5.74) is 0.787. The lowest BCUT2D eigenvalue weighted by Gasteiger charge is -2.28. The molecule has 1 aromatic heterocycles. The highest BCUT2D eigenvalue weighted by molar-refractivity contribution is 9.10. The van der Waals surface area contributed by atoms with Gasteiger partial charge in [0.25, 0.3) is 0 Å². The first-order chi connectivity index (χ1) is 17.9. The van der Waals surface area contributed by atoms with Gasteiger partial charge < -0.3 is 14.8 Å². The van der Waals surface area contributed by atoms with E-state index in [1.165, 1.54) is 17.4 Å². The maximum absolute atomic E-state index is 13.1. The Morgan fingerprint density at radius 3 is 2.32 bits per heavy atom. The van der Waals surface area contributed by atoms with Crippen molar-refractivity contribution in [1.82, 2.24) is 15.0 Å². The lowest BCUT2D eigenvalue weighted by molar-refractivity contribution is 0.109. The van der Waals surface area contributed by atoms with Gasteiger partial charge in [0.15, 0.2) is 0 Å². The second kappa shape index (κ2) is 13.2. The molecule has 0 aliphatic heterocycles. The minimum absolute atomic E-state index is 0.0363. The molecule has 1 heterocycles. The number of nitrogens with one attached hydrogen (secondary N) is 3. The molecular formula is C25H35BrN4O6S2. The molecule has 0 bridgehead atoms. The van der Waals surface area contributed by atoms with Crippen LogP contribution in [0.4, 0.5) is 15.3 Å². The highest BCUT2D eigenvalue weighted by Crippen LogP contribution is 2.43. The van der Waals surface area contributed by atoms with Gasteiger partial charge in [0.2, 0.25) is 10.0 Å². The van der Waals surface area contributed by atoms with Crippen LogP contribution in [-0.2, 0) is 19.5 Å². The van der Waals surface area contributed by atoms with Gasteiger partial charge in [-0.15, -0.1) is 11.3 Å². The van der Waals surface area contributed by atoms with E-state index in [4.69, 9.17) is 14.5 Å². The SMILES string of the molecule is CCNS(=O)(=O)c1cc(NC(=O)OC(C)C)ccc1-c1sc([C@H]2CC[C@H](NC(=O)OC(C)C)CC2)nc1Br. The fourth-order valence-corrected chi connectivity index (χ4v) is 7.47. The van der Waals surface area contributed by atoms with E-state index in [0.29, 0.717) is 20.7 Å². The topological polar surface area (TPSA) is 136 Å². The normalized spacial score (nSPS) is 17.9. The quantitative estimate of drug-likeness (QED) is 0.310. The Hall–Kier alpha value is -2.22. The summed E-state index contributed by atoms with van der Waals surface area (Å²) < 4.78 is 39.6. The van der Waals surface area contributed by atoms with Gasteiger partial charge in [-0.3, -0.25) is 5.32 Å². The minimum atomic E-state index is -3.87. The van der Waals surface area contributed by atoms with Crippen molar-refractivity contribution in [2.45, 2.75) is 89.4 Å². The number of benzene rings is 1. The minimum Gasteiger partial charge on any atom is -0.447 e. The van der Waals surface area contributed by atoms with Gasteiger partial charge in [0, 0.05) is 29.8 Å². The third kappa shape index (κ3) is 8.14. The monoisotopic (exact) mass is 630 g/mol. The van der Waals surface area contributed by atoms with E-state index in [2.05, 4.69) is 31.3 Å². The molecular weight excluding hydrogens is 596 g/mol. The van der Waals surface area contributed by atoms with Crippen molar-refractivity contribution in [1.29, 1.82) is 0 Å². The van der Waals surface area contributed by atoms with E-state index in [-0.39, 0.29) is 35.6 Å². The molecule has 1 fully saturated rings. The summed E-state index contributed by atoms with van der Waals surface area (Å²) in [4.78, 5) is 29.5. The van der Waals surface area contributed by atoms with Crippen LogP contribution >= 0.6 is 27.3 Å². The van der Waals surface area contributed by atoms with Crippen molar-refractivity contribution >= 4 is 55.2 Å². The van der Waals surface area contributed by atoms with Crippen LogP contribution in [0.1, 0.15) is 71.2 Å². The number of amides is 2. The number of rotatable bonds is 9. The molecule has 2 amide bonds. The maximum Gasteiger partial charge on any atom is 0.411 e. The number of alkyl carbamates (subject to hydrolysis) is 1. The molecule has 13 heteroatoms. The number of nitrogens with zero attached hydrogens (tertiary/aromatic N) is 1. The van der Waals surface area contributed by atoms with Crippen molar-refractivity contribution in [3.8, 4) is 10.4 Å². The molecule has 1 aliphatic rings. The molecule has 10 nitrogen and oxygen atoms in total. The highest BCUT2D eigenvalue weighted by atomic mass is 79.9. The average molecular weight is 632 g/mol. The van der Waals surface area contributed by atoms with Crippen LogP contribution in [0.3, 0.4) is 0 Å². The van der Waals surface area contributed by atoms with Crippen LogP contribution in [-0.4, -0.2) is 50.4 Å². The Kier molecular flexibility index (Phi) is 10.6. The number of halogens is 1. The molecule has 1 aliphatic carbocycles. The van der Waals surface area contributed by atoms with Gasteiger partial charge >= 0.3 is 12.2 Å². The average Bonchev–Trinajstić information content (AvgIpc) is 3.19. The highest BCUT2D eigenvalue weighted by Gasteiger charge is 2.29. The Bertz CT molecular complexity index is 1240. The van der Waals surface area contributed by atoms with Crippen molar-refractivity contribution < 1.29 is 27.5 Å². The van der Waals surface area contributed by atoms with Gasteiger partial charge in [0.1, 0.15) is 4.60 Å². The fraction of sp³-hybridized carbons (Fsp3) is 0.560. The summed E-state index contributed by atoms with van der Waals surface area (Å²) in [6.07, 6.45) is 1.75. The molecule has 3 N–H and O–H groups in total. The summed E-state index contributed by atoms with van der Waals surface area (Å²) in [5.74, 6) is 0.199. The van der Waals surface area contributed by atoms with E-state index < -0.39 is 22.2 Å². The van der Waals surface area contributed by atoms with Crippen LogP contribution in [0.5, 0.6) is 0 Å². The van der Waals surface area contributed by atoms with E-state index in [0.717, 1.165) is 30.7 Å². The summed E-state index contributed by atoms with van der Waals surface area (Å²) in [6, 6.07) is 4.78. The predicted molar refractivity (Wildman–Crippen MR) is 151 cm³/mol. The number of aromatic nitrogens is 1. The van der Waals surface area contributed by atoms with Crippen LogP contribution in [0.25, 0.3) is 10.4 Å². The van der Waals surface area contributed by atoms with Gasteiger partial charge in [0.05, 0.1) is 27.0 Å². The van der Waals surface area contributed by atoms with Gasteiger partial charge in [-0.05, 0) is 81.4 Å². The Balaban J connectivity index is 1.83. The number of hydrogen-bond acceptors (Lipinski definition) is 8. The largest absolute Gasteiger partial charge is 0.447 e. The first kappa shape index (κ1) is 30.3. The summed E-state index contributed by atoms with van der Waals surface area (Å²) >= 11 is 4.98.